The van der Waals surface area contributed by atoms with Crippen LogP contribution in [0.3, 0.4) is 0 Å². The molecule has 2 unspecified atom stereocenters. The predicted molar refractivity (Wildman–Crippen MR) is 62.8 cm³/mol. The highest BCUT2D eigenvalue weighted by Crippen LogP contribution is 2.22. The summed E-state index contributed by atoms with van der Waals surface area (Å²) in [5.41, 5.74) is -0.571. The first-order valence-electron chi connectivity index (χ1n) is 6.00. The number of piperidine rings is 1. The molecule has 0 bridgehead atoms. The Hall–Kier alpha value is -1.33. The minimum absolute atomic E-state index is 0.212. The minimum Gasteiger partial charge on any atom is -0.464 e. The summed E-state index contributed by atoms with van der Waals surface area (Å²) in [4.78, 5) is 23.6. The normalized spacial score (nSPS) is 24.6. The molecule has 0 spiro atoms. The summed E-state index contributed by atoms with van der Waals surface area (Å²) in [5.74, 6) is -0.475. The van der Waals surface area contributed by atoms with Crippen LogP contribution in [0.4, 0.5) is 9.18 Å². The third kappa shape index (κ3) is 4.16. The van der Waals surface area contributed by atoms with E-state index in [2.05, 4.69) is 0 Å². The fourth-order valence-corrected chi connectivity index (χ4v) is 1.90. The molecule has 0 saturated carbocycles. The number of hydrogen-bond donors (Lipinski definition) is 0. The van der Waals surface area contributed by atoms with Gasteiger partial charge in [0.2, 0.25) is 0 Å². The fourth-order valence-electron chi connectivity index (χ4n) is 1.90. The Morgan fingerprint density at radius 1 is 1.50 bits per heavy atom. The van der Waals surface area contributed by atoms with Crippen LogP contribution in [0.2, 0.25) is 0 Å². The maximum absolute atomic E-state index is 12.9. The number of carbonyl (C=O) groups excluding carboxylic acids is 2. The van der Waals surface area contributed by atoms with E-state index in [9.17, 15) is 14.0 Å². The second-order valence-electron chi connectivity index (χ2n) is 5.40. The van der Waals surface area contributed by atoms with Gasteiger partial charge in [-0.3, -0.25) is 9.18 Å². The summed E-state index contributed by atoms with van der Waals surface area (Å²) >= 11 is 0. The van der Waals surface area contributed by atoms with E-state index in [4.69, 9.17) is 9.47 Å². The molecule has 18 heavy (non-hydrogen) atoms. The molecule has 0 aromatic rings. The van der Waals surface area contributed by atoms with Gasteiger partial charge in [-0.2, -0.15) is 0 Å². The Labute approximate surface area is 106 Å². The summed E-state index contributed by atoms with van der Waals surface area (Å²) in [7, 11) is 0. The molecule has 1 amide bonds. The lowest BCUT2D eigenvalue weighted by Gasteiger charge is -2.36. The van der Waals surface area contributed by atoms with E-state index in [1.54, 1.807) is 20.8 Å². The van der Waals surface area contributed by atoms with Crippen molar-refractivity contribution < 1.29 is 23.5 Å². The van der Waals surface area contributed by atoms with Gasteiger partial charge in [0.05, 0.1) is 6.67 Å². The number of alkyl halides is 1. The monoisotopic (exact) mass is 261 g/mol. The third-order valence-corrected chi connectivity index (χ3v) is 2.74. The molecule has 1 fully saturated rings. The molecule has 6 heteroatoms. The first kappa shape index (κ1) is 14.7. The Bertz CT molecular complexity index is 303. The van der Waals surface area contributed by atoms with Crippen molar-refractivity contribution in [1.29, 1.82) is 0 Å². The largest absolute Gasteiger partial charge is 0.464 e. The van der Waals surface area contributed by atoms with Crippen LogP contribution in [-0.2, 0) is 14.3 Å². The average molecular weight is 261 g/mol. The van der Waals surface area contributed by atoms with Gasteiger partial charge < -0.3 is 14.4 Å². The molecule has 1 heterocycles. The van der Waals surface area contributed by atoms with Crippen molar-refractivity contribution in [3.63, 3.8) is 0 Å². The molecular weight excluding hydrogens is 241 g/mol. The maximum atomic E-state index is 12.9. The molecule has 0 N–H and O–H groups in total. The number of likely N-dealkylation sites (tertiary alicyclic amines) is 1. The topological polar surface area (TPSA) is 55.8 Å². The molecule has 5 nitrogen and oxygen atoms in total. The molecule has 104 valence electrons. The first-order valence-corrected chi connectivity index (χ1v) is 6.00. The van der Waals surface area contributed by atoms with Crippen LogP contribution in [-0.4, -0.2) is 48.9 Å². The fraction of sp³-hybridized carbons (Fsp3) is 0.833. The van der Waals surface area contributed by atoms with Crippen LogP contribution in [0.15, 0.2) is 0 Å². The van der Waals surface area contributed by atoms with Gasteiger partial charge in [0.15, 0.2) is 0 Å². The van der Waals surface area contributed by atoms with Gasteiger partial charge in [-0.05, 0) is 20.8 Å². The number of nitrogens with zero attached hydrogens (tertiary/aromatic N) is 1. The highest BCUT2D eigenvalue weighted by molar-refractivity contribution is 5.68. The summed E-state index contributed by atoms with van der Waals surface area (Å²) in [6, 6.07) is 0. The number of amides is 1. The van der Waals surface area contributed by atoms with Crippen LogP contribution >= 0.6 is 0 Å². The second-order valence-corrected chi connectivity index (χ2v) is 5.40. The van der Waals surface area contributed by atoms with E-state index in [0.717, 1.165) is 0 Å². The van der Waals surface area contributed by atoms with E-state index >= 15 is 0 Å². The number of rotatable bonds is 3. The van der Waals surface area contributed by atoms with E-state index in [1.165, 1.54) is 4.90 Å². The molecular formula is C12H20FNO4. The van der Waals surface area contributed by atoms with Gasteiger partial charge in [-0.15, -0.1) is 0 Å². The Morgan fingerprint density at radius 2 is 2.17 bits per heavy atom. The minimum atomic E-state index is -0.627. The zero-order valence-corrected chi connectivity index (χ0v) is 11.0. The number of halogens is 1. The summed E-state index contributed by atoms with van der Waals surface area (Å²) in [5, 5.41) is 0. The van der Waals surface area contributed by atoms with Crippen molar-refractivity contribution in [2.45, 2.75) is 38.9 Å². The van der Waals surface area contributed by atoms with Gasteiger partial charge in [-0.1, -0.05) is 0 Å². The van der Waals surface area contributed by atoms with Crippen molar-refractivity contribution in [3.05, 3.63) is 0 Å². The molecule has 1 aliphatic rings. The molecule has 1 rings (SSSR count). The van der Waals surface area contributed by atoms with Crippen LogP contribution in [0.25, 0.3) is 0 Å². The lowest BCUT2D eigenvalue weighted by Crippen LogP contribution is -2.49. The molecule has 1 aliphatic heterocycles. The zero-order chi connectivity index (χ0) is 13.8. The van der Waals surface area contributed by atoms with E-state index < -0.39 is 30.4 Å². The van der Waals surface area contributed by atoms with Crippen LogP contribution < -0.4 is 0 Å². The first-order chi connectivity index (χ1) is 8.37. The van der Waals surface area contributed by atoms with Gasteiger partial charge >= 0.3 is 6.09 Å². The Kier molecular flexibility index (Phi) is 4.93. The number of ether oxygens (including phenoxy) is 2. The Balaban J connectivity index is 2.56. The highest BCUT2D eigenvalue weighted by atomic mass is 19.1. The quantitative estimate of drug-likeness (QED) is 0.726. The second kappa shape index (κ2) is 6.02. The van der Waals surface area contributed by atoms with Crippen LogP contribution in [0, 0.1) is 5.92 Å². The summed E-state index contributed by atoms with van der Waals surface area (Å²) in [6.45, 7) is 5.65. The number of hydrogen-bond acceptors (Lipinski definition) is 4. The Morgan fingerprint density at radius 3 is 2.67 bits per heavy atom. The standard InChI is InChI=1S/C12H20FNO4/c1-12(2,3)18-11(16)14-5-4-10(17-8-15)9(6-13)7-14/h8-10H,4-7H2,1-3H3. The predicted octanol–water partition coefficient (Wildman–Crippen LogP) is 1.75. The average Bonchev–Trinajstić information content (AvgIpc) is 2.27. The van der Waals surface area contributed by atoms with Crippen LogP contribution in [0.5, 0.6) is 0 Å². The van der Waals surface area contributed by atoms with E-state index in [0.29, 0.717) is 19.4 Å². The molecule has 1 saturated heterocycles. The van der Waals surface area contributed by atoms with Gasteiger partial charge in [0.25, 0.3) is 6.47 Å². The van der Waals surface area contributed by atoms with Crippen molar-refractivity contribution >= 4 is 12.6 Å². The lowest BCUT2D eigenvalue weighted by molar-refractivity contribution is -0.139. The van der Waals surface area contributed by atoms with E-state index in [-0.39, 0.29) is 6.54 Å². The third-order valence-electron chi connectivity index (χ3n) is 2.74. The van der Waals surface area contributed by atoms with Gasteiger partial charge in [-0.25, -0.2) is 4.79 Å². The van der Waals surface area contributed by atoms with Crippen LogP contribution in [0.1, 0.15) is 27.2 Å². The molecule has 0 aromatic carbocycles. The van der Waals surface area contributed by atoms with Gasteiger partial charge in [0.1, 0.15) is 11.7 Å². The zero-order valence-electron chi connectivity index (χ0n) is 11.0. The van der Waals surface area contributed by atoms with Crippen molar-refractivity contribution in [1.82, 2.24) is 4.90 Å². The van der Waals surface area contributed by atoms with Crippen molar-refractivity contribution in [2.75, 3.05) is 19.8 Å². The summed E-state index contributed by atoms with van der Waals surface area (Å²) in [6.07, 6.45) is -0.469. The lowest BCUT2D eigenvalue weighted by atomic mass is 9.96. The molecule has 0 aromatic heterocycles. The summed E-state index contributed by atoms with van der Waals surface area (Å²) < 4.78 is 22.9. The molecule has 0 radical (unpaired) electrons. The number of carbonyl (C=O) groups is 2. The SMILES string of the molecule is CC(C)(C)OC(=O)N1CCC(OC=O)C(CF)C1. The smallest absolute Gasteiger partial charge is 0.410 e. The van der Waals surface area contributed by atoms with Crippen molar-refractivity contribution in [3.8, 4) is 0 Å². The maximum Gasteiger partial charge on any atom is 0.410 e. The highest BCUT2D eigenvalue weighted by Gasteiger charge is 2.34. The van der Waals surface area contributed by atoms with E-state index in [1.807, 2.05) is 0 Å². The van der Waals surface area contributed by atoms with Crippen molar-refractivity contribution in [2.24, 2.45) is 5.92 Å². The molecule has 0 aliphatic carbocycles. The molecule has 2 atom stereocenters. The van der Waals surface area contributed by atoms with Gasteiger partial charge in [0, 0.05) is 25.4 Å².